The first-order valence-electron chi connectivity index (χ1n) is 7.10. The van der Waals surface area contributed by atoms with Crippen LogP contribution in [0.5, 0.6) is 5.75 Å². The quantitative estimate of drug-likeness (QED) is 0.910. The van der Waals surface area contributed by atoms with E-state index in [1.54, 1.807) is 0 Å². The van der Waals surface area contributed by atoms with Crippen LogP contribution in [0.25, 0.3) is 0 Å². The summed E-state index contributed by atoms with van der Waals surface area (Å²) in [5.41, 5.74) is -0.0808. The Morgan fingerprint density at radius 2 is 1.89 bits per heavy atom. The Morgan fingerprint density at radius 1 is 1.21 bits per heavy atom. The molecule has 0 bridgehead atoms. The van der Waals surface area contributed by atoms with E-state index < -0.39 is 5.60 Å². The highest BCUT2D eigenvalue weighted by Gasteiger charge is 2.40. The number of aliphatic hydroxyl groups is 1. The van der Waals surface area contributed by atoms with Crippen molar-refractivity contribution in [3.05, 3.63) is 29.8 Å². The van der Waals surface area contributed by atoms with Gasteiger partial charge in [-0.05, 0) is 44.4 Å². The van der Waals surface area contributed by atoms with Gasteiger partial charge in [0.15, 0.2) is 0 Å². The van der Waals surface area contributed by atoms with Crippen LogP contribution in [0.15, 0.2) is 24.3 Å². The Morgan fingerprint density at radius 3 is 2.47 bits per heavy atom. The lowest BCUT2D eigenvalue weighted by molar-refractivity contribution is -0.148. The SMILES string of the molecule is CC1(C)CC(O)(c2ccc(OC3CC3)cc2)CCO1. The first-order valence-corrected chi connectivity index (χ1v) is 7.10. The Hall–Kier alpha value is -1.06. The van der Waals surface area contributed by atoms with E-state index in [2.05, 4.69) is 0 Å². The third kappa shape index (κ3) is 2.93. The summed E-state index contributed by atoms with van der Waals surface area (Å²) in [5, 5.41) is 10.8. The molecule has 1 aromatic rings. The Bertz CT molecular complexity index is 448. The van der Waals surface area contributed by atoms with Gasteiger partial charge in [-0.15, -0.1) is 0 Å². The molecular formula is C16H22O3. The average Bonchev–Trinajstić information content (AvgIpc) is 3.12. The molecule has 3 heteroatoms. The monoisotopic (exact) mass is 262 g/mol. The minimum Gasteiger partial charge on any atom is -0.490 e. The van der Waals surface area contributed by atoms with Crippen LogP contribution >= 0.6 is 0 Å². The molecule has 0 radical (unpaired) electrons. The van der Waals surface area contributed by atoms with Crippen molar-refractivity contribution in [2.45, 2.75) is 56.8 Å². The number of hydrogen-bond donors (Lipinski definition) is 1. The Labute approximate surface area is 114 Å². The van der Waals surface area contributed by atoms with Crippen molar-refractivity contribution in [1.82, 2.24) is 0 Å². The minimum atomic E-state index is -0.778. The number of benzene rings is 1. The van der Waals surface area contributed by atoms with E-state index in [4.69, 9.17) is 9.47 Å². The molecule has 104 valence electrons. The normalized spacial score (nSPS) is 30.1. The van der Waals surface area contributed by atoms with Crippen molar-refractivity contribution in [2.24, 2.45) is 0 Å². The van der Waals surface area contributed by atoms with Gasteiger partial charge in [-0.1, -0.05) is 12.1 Å². The molecule has 1 N–H and O–H groups in total. The zero-order valence-electron chi connectivity index (χ0n) is 11.7. The van der Waals surface area contributed by atoms with Crippen molar-refractivity contribution < 1.29 is 14.6 Å². The van der Waals surface area contributed by atoms with Crippen LogP contribution in [0.4, 0.5) is 0 Å². The molecule has 2 fully saturated rings. The van der Waals surface area contributed by atoms with Gasteiger partial charge in [0, 0.05) is 12.8 Å². The highest BCUT2D eigenvalue weighted by atomic mass is 16.5. The Balaban J connectivity index is 1.76. The summed E-state index contributed by atoms with van der Waals surface area (Å²) < 4.78 is 11.4. The molecule has 3 nitrogen and oxygen atoms in total. The smallest absolute Gasteiger partial charge is 0.119 e. The van der Waals surface area contributed by atoms with Gasteiger partial charge in [-0.3, -0.25) is 0 Å². The maximum absolute atomic E-state index is 10.8. The van der Waals surface area contributed by atoms with Gasteiger partial charge >= 0.3 is 0 Å². The largest absolute Gasteiger partial charge is 0.490 e. The van der Waals surface area contributed by atoms with E-state index >= 15 is 0 Å². The van der Waals surface area contributed by atoms with Gasteiger partial charge in [0.2, 0.25) is 0 Å². The number of rotatable bonds is 3. The van der Waals surface area contributed by atoms with Gasteiger partial charge in [0.1, 0.15) is 5.75 Å². The summed E-state index contributed by atoms with van der Waals surface area (Å²) >= 11 is 0. The number of hydrogen-bond acceptors (Lipinski definition) is 3. The fraction of sp³-hybridized carbons (Fsp3) is 0.625. The summed E-state index contributed by atoms with van der Waals surface area (Å²) in [5.74, 6) is 0.904. The fourth-order valence-electron chi connectivity index (χ4n) is 2.81. The van der Waals surface area contributed by atoms with Crippen molar-refractivity contribution >= 4 is 0 Å². The van der Waals surface area contributed by atoms with E-state index in [0.29, 0.717) is 25.6 Å². The van der Waals surface area contributed by atoms with Crippen LogP contribution in [0, 0.1) is 0 Å². The summed E-state index contributed by atoms with van der Waals surface area (Å²) in [6.07, 6.45) is 4.02. The van der Waals surface area contributed by atoms with E-state index in [-0.39, 0.29) is 5.60 Å². The standard InChI is InChI=1S/C16H22O3/c1-15(2)11-16(17,9-10-18-15)12-3-5-13(6-4-12)19-14-7-8-14/h3-6,14,17H,7-11H2,1-2H3. The molecule has 1 aromatic carbocycles. The first-order chi connectivity index (χ1) is 8.97. The van der Waals surface area contributed by atoms with Crippen LogP contribution in [0.1, 0.15) is 45.1 Å². The second kappa shape index (κ2) is 4.50. The molecule has 0 amide bonds. The zero-order valence-corrected chi connectivity index (χ0v) is 11.7. The van der Waals surface area contributed by atoms with E-state index in [1.807, 2.05) is 38.1 Å². The molecule has 1 saturated heterocycles. The van der Waals surface area contributed by atoms with Gasteiger partial charge in [-0.2, -0.15) is 0 Å². The molecule has 2 aliphatic rings. The van der Waals surface area contributed by atoms with Gasteiger partial charge < -0.3 is 14.6 Å². The van der Waals surface area contributed by atoms with Crippen molar-refractivity contribution in [1.29, 1.82) is 0 Å². The van der Waals surface area contributed by atoms with E-state index in [1.165, 1.54) is 0 Å². The lowest BCUT2D eigenvalue weighted by atomic mass is 9.79. The molecule has 1 saturated carbocycles. The Kier molecular flexibility index (Phi) is 3.06. The maximum atomic E-state index is 10.8. The molecule has 19 heavy (non-hydrogen) atoms. The van der Waals surface area contributed by atoms with Crippen molar-refractivity contribution in [3.8, 4) is 5.75 Å². The molecule has 0 spiro atoms. The third-order valence-electron chi connectivity index (χ3n) is 3.95. The topological polar surface area (TPSA) is 38.7 Å². The molecule has 1 aliphatic heterocycles. The molecule has 1 aliphatic carbocycles. The molecule has 1 atom stereocenters. The fourth-order valence-corrected chi connectivity index (χ4v) is 2.81. The van der Waals surface area contributed by atoms with Crippen molar-refractivity contribution in [3.63, 3.8) is 0 Å². The van der Waals surface area contributed by atoms with Crippen molar-refractivity contribution in [2.75, 3.05) is 6.61 Å². The van der Waals surface area contributed by atoms with E-state index in [0.717, 1.165) is 24.2 Å². The average molecular weight is 262 g/mol. The zero-order chi connectivity index (χ0) is 13.5. The van der Waals surface area contributed by atoms with Crippen LogP contribution in [0.3, 0.4) is 0 Å². The van der Waals surface area contributed by atoms with Gasteiger partial charge in [0.05, 0.1) is 23.9 Å². The molecule has 1 unspecified atom stereocenters. The molecule has 0 aromatic heterocycles. The van der Waals surface area contributed by atoms with Crippen LogP contribution in [-0.4, -0.2) is 23.4 Å². The lowest BCUT2D eigenvalue weighted by Crippen LogP contribution is -2.43. The highest BCUT2D eigenvalue weighted by Crippen LogP contribution is 2.40. The summed E-state index contributed by atoms with van der Waals surface area (Å²) in [4.78, 5) is 0. The van der Waals surface area contributed by atoms with Crippen LogP contribution in [0.2, 0.25) is 0 Å². The summed E-state index contributed by atoms with van der Waals surface area (Å²) in [6.45, 7) is 4.66. The number of ether oxygens (including phenoxy) is 2. The summed E-state index contributed by atoms with van der Waals surface area (Å²) in [6, 6.07) is 7.90. The third-order valence-corrected chi connectivity index (χ3v) is 3.95. The molecule has 3 rings (SSSR count). The predicted octanol–water partition coefficient (Wildman–Crippen LogP) is 3.00. The predicted molar refractivity (Wildman–Crippen MR) is 73.3 cm³/mol. The van der Waals surface area contributed by atoms with E-state index in [9.17, 15) is 5.11 Å². The van der Waals surface area contributed by atoms with Gasteiger partial charge in [0.25, 0.3) is 0 Å². The van der Waals surface area contributed by atoms with Gasteiger partial charge in [-0.25, -0.2) is 0 Å². The van der Waals surface area contributed by atoms with Crippen LogP contribution in [-0.2, 0) is 10.3 Å². The molecular weight excluding hydrogens is 240 g/mol. The minimum absolute atomic E-state index is 0.268. The molecule has 1 heterocycles. The first kappa shape index (κ1) is 12.9. The second-order valence-corrected chi connectivity index (χ2v) is 6.41. The maximum Gasteiger partial charge on any atom is 0.119 e. The van der Waals surface area contributed by atoms with Crippen LogP contribution < -0.4 is 4.74 Å². The summed E-state index contributed by atoms with van der Waals surface area (Å²) in [7, 11) is 0. The lowest BCUT2D eigenvalue weighted by Gasteiger charge is -2.41. The highest BCUT2D eigenvalue weighted by molar-refractivity contribution is 5.32. The second-order valence-electron chi connectivity index (χ2n) is 6.41.